The number of carbonyl (C=O) groups is 1. The molecule has 6 rings (SSSR count). The van der Waals surface area contributed by atoms with E-state index in [1.807, 2.05) is 42.5 Å². The monoisotopic (exact) mass is 462 g/mol. The summed E-state index contributed by atoms with van der Waals surface area (Å²) in [6.07, 6.45) is 3.82. The summed E-state index contributed by atoms with van der Waals surface area (Å²) in [5.74, 6) is -0.227. The van der Waals surface area contributed by atoms with E-state index in [0.29, 0.717) is 28.0 Å². The van der Waals surface area contributed by atoms with Crippen LogP contribution in [0.3, 0.4) is 0 Å². The fourth-order valence-electron chi connectivity index (χ4n) is 4.53. The summed E-state index contributed by atoms with van der Waals surface area (Å²) in [5, 5.41) is 7.68. The van der Waals surface area contributed by atoms with E-state index in [0.717, 1.165) is 25.2 Å². The van der Waals surface area contributed by atoms with Gasteiger partial charge in [-0.2, -0.15) is 5.10 Å². The predicted octanol–water partition coefficient (Wildman–Crippen LogP) is 3.92. The van der Waals surface area contributed by atoms with Gasteiger partial charge in [-0.15, -0.1) is 0 Å². The van der Waals surface area contributed by atoms with E-state index in [9.17, 15) is 9.59 Å². The predicted molar refractivity (Wildman–Crippen MR) is 135 cm³/mol. The van der Waals surface area contributed by atoms with Crippen molar-refractivity contribution in [3.63, 3.8) is 0 Å². The molecular weight excluding hydrogens is 440 g/mol. The number of benzene rings is 3. The van der Waals surface area contributed by atoms with Crippen LogP contribution in [-0.4, -0.2) is 32.2 Å². The van der Waals surface area contributed by atoms with Crippen LogP contribution < -0.4 is 15.8 Å². The molecule has 0 radical (unpaired) electrons. The first-order chi connectivity index (χ1) is 17.2. The smallest absolute Gasteiger partial charge is 0.261 e. The Morgan fingerprint density at radius 3 is 2.57 bits per heavy atom. The molecule has 0 aliphatic carbocycles. The summed E-state index contributed by atoms with van der Waals surface area (Å²) < 4.78 is 1.55. The van der Waals surface area contributed by atoms with Gasteiger partial charge in [-0.05, 0) is 53.9 Å². The number of rotatable bonds is 4. The number of aromatic amines is 1. The normalized spacial score (nSPS) is 13.0. The Hall–Kier alpha value is -4.72. The van der Waals surface area contributed by atoms with Crippen LogP contribution in [0, 0.1) is 0 Å². The first kappa shape index (κ1) is 20.9. The number of hydrogen-bond acceptors (Lipinski definition) is 5. The first-order valence-electron chi connectivity index (χ1n) is 11.4. The van der Waals surface area contributed by atoms with Gasteiger partial charge in [0.2, 0.25) is 0 Å². The molecule has 8 heteroatoms. The van der Waals surface area contributed by atoms with Gasteiger partial charge in [0.25, 0.3) is 11.5 Å². The first-order valence-corrected chi connectivity index (χ1v) is 11.4. The van der Waals surface area contributed by atoms with Crippen molar-refractivity contribution in [1.29, 1.82) is 0 Å². The van der Waals surface area contributed by atoms with E-state index in [-0.39, 0.29) is 11.5 Å². The van der Waals surface area contributed by atoms with Crippen molar-refractivity contribution in [2.45, 2.75) is 13.0 Å². The number of fused-ring (bicyclic) bond motifs is 2. The average Bonchev–Trinajstić information content (AvgIpc) is 3.34. The number of nitrogens with one attached hydrogen (secondary N) is 2. The highest BCUT2D eigenvalue weighted by Gasteiger charge is 2.18. The van der Waals surface area contributed by atoms with Crippen LogP contribution in [0.25, 0.3) is 16.7 Å². The zero-order chi connectivity index (χ0) is 23.8. The van der Waals surface area contributed by atoms with Gasteiger partial charge in [0.05, 0.1) is 23.9 Å². The molecule has 0 saturated carbocycles. The fourth-order valence-corrected chi connectivity index (χ4v) is 4.53. The van der Waals surface area contributed by atoms with Gasteiger partial charge in [0.1, 0.15) is 5.39 Å². The molecular formula is C27H22N6O2. The molecule has 35 heavy (non-hydrogen) atoms. The standard InChI is InChI=1S/C27H22N6O2/c34-26(19-9-11-21(12-10-19)32-14-13-18-5-1-2-6-20(18)16-32)31-23-7-3-4-8-24(23)33-25-22(15-30-33)27(35)29-17-28-25/h1-12,15,17H,13-14,16H2,(H,31,34)(H,28,29,35). The number of aromatic nitrogens is 4. The number of carbonyl (C=O) groups excluding carboxylic acids is 1. The van der Waals surface area contributed by atoms with Gasteiger partial charge in [-0.25, -0.2) is 9.67 Å². The summed E-state index contributed by atoms with van der Waals surface area (Å²) in [7, 11) is 0. The zero-order valence-corrected chi connectivity index (χ0v) is 18.8. The van der Waals surface area contributed by atoms with Crippen LogP contribution in [0.4, 0.5) is 11.4 Å². The van der Waals surface area contributed by atoms with Crippen molar-refractivity contribution in [3.8, 4) is 5.69 Å². The Morgan fingerprint density at radius 2 is 1.71 bits per heavy atom. The molecule has 0 spiro atoms. The van der Waals surface area contributed by atoms with E-state index in [1.165, 1.54) is 23.7 Å². The summed E-state index contributed by atoms with van der Waals surface area (Å²) >= 11 is 0. The van der Waals surface area contributed by atoms with Crippen LogP contribution in [-0.2, 0) is 13.0 Å². The molecule has 2 N–H and O–H groups in total. The van der Waals surface area contributed by atoms with Crippen LogP contribution in [0.5, 0.6) is 0 Å². The number of amides is 1. The molecule has 1 amide bonds. The van der Waals surface area contributed by atoms with Crippen molar-refractivity contribution in [2.75, 3.05) is 16.8 Å². The number of hydrogen-bond donors (Lipinski definition) is 2. The van der Waals surface area contributed by atoms with E-state index in [1.54, 1.807) is 10.7 Å². The summed E-state index contributed by atoms with van der Waals surface area (Å²) in [6, 6.07) is 23.5. The molecule has 1 aliphatic rings. The lowest BCUT2D eigenvalue weighted by molar-refractivity contribution is 0.102. The summed E-state index contributed by atoms with van der Waals surface area (Å²) in [4.78, 5) is 34.3. The summed E-state index contributed by atoms with van der Waals surface area (Å²) in [6.45, 7) is 1.81. The molecule has 3 heterocycles. The maximum Gasteiger partial charge on any atom is 0.261 e. The quantitative estimate of drug-likeness (QED) is 0.422. The highest BCUT2D eigenvalue weighted by molar-refractivity contribution is 6.05. The zero-order valence-electron chi connectivity index (χ0n) is 18.8. The Balaban J connectivity index is 1.23. The second kappa shape index (κ2) is 8.57. The molecule has 0 bridgehead atoms. The third-order valence-electron chi connectivity index (χ3n) is 6.38. The van der Waals surface area contributed by atoms with Crippen LogP contribution in [0.15, 0.2) is 90.1 Å². The van der Waals surface area contributed by atoms with Gasteiger partial charge >= 0.3 is 0 Å². The SMILES string of the molecule is O=C(Nc1ccccc1-n1ncc2c(=O)[nH]cnc21)c1ccc(N2CCc3ccccc3C2)cc1. The molecule has 3 aromatic carbocycles. The lowest BCUT2D eigenvalue weighted by Gasteiger charge is -2.30. The van der Waals surface area contributed by atoms with Gasteiger partial charge in [0, 0.05) is 24.3 Å². The van der Waals surface area contributed by atoms with Crippen molar-refractivity contribution in [1.82, 2.24) is 19.7 Å². The second-order valence-electron chi connectivity index (χ2n) is 8.48. The van der Waals surface area contributed by atoms with Gasteiger partial charge in [-0.3, -0.25) is 9.59 Å². The maximum absolute atomic E-state index is 13.1. The molecule has 0 saturated heterocycles. The van der Waals surface area contributed by atoms with Gasteiger partial charge < -0.3 is 15.2 Å². The molecule has 0 atom stereocenters. The molecule has 5 aromatic rings. The second-order valence-corrected chi connectivity index (χ2v) is 8.48. The average molecular weight is 463 g/mol. The van der Waals surface area contributed by atoms with Crippen molar-refractivity contribution in [3.05, 3.63) is 112 Å². The Kier molecular flexibility index (Phi) is 5.11. The number of para-hydroxylation sites is 2. The number of H-pyrrole nitrogens is 1. The largest absolute Gasteiger partial charge is 0.367 e. The topological polar surface area (TPSA) is 95.9 Å². The molecule has 8 nitrogen and oxygen atoms in total. The van der Waals surface area contributed by atoms with Crippen molar-refractivity contribution in [2.24, 2.45) is 0 Å². The van der Waals surface area contributed by atoms with E-state index in [2.05, 4.69) is 49.5 Å². The van der Waals surface area contributed by atoms with Crippen molar-refractivity contribution < 1.29 is 4.79 Å². The molecule has 0 unspecified atom stereocenters. The number of anilines is 2. The summed E-state index contributed by atoms with van der Waals surface area (Å²) in [5.41, 5.74) is 5.75. The fraction of sp³-hybridized carbons (Fsp3) is 0.111. The minimum atomic E-state index is -0.264. The van der Waals surface area contributed by atoms with Crippen LogP contribution in [0.1, 0.15) is 21.5 Å². The van der Waals surface area contributed by atoms with Crippen LogP contribution in [0.2, 0.25) is 0 Å². The maximum atomic E-state index is 13.1. The Bertz CT molecular complexity index is 1600. The minimum Gasteiger partial charge on any atom is -0.367 e. The number of nitrogens with zero attached hydrogens (tertiary/aromatic N) is 4. The third-order valence-corrected chi connectivity index (χ3v) is 6.38. The highest BCUT2D eigenvalue weighted by atomic mass is 16.1. The highest BCUT2D eigenvalue weighted by Crippen LogP contribution is 2.26. The Morgan fingerprint density at radius 1 is 0.943 bits per heavy atom. The van der Waals surface area contributed by atoms with Crippen LogP contribution >= 0.6 is 0 Å². The third kappa shape index (κ3) is 3.85. The molecule has 172 valence electrons. The van der Waals surface area contributed by atoms with E-state index < -0.39 is 0 Å². The Labute approximate surface area is 200 Å². The lowest BCUT2D eigenvalue weighted by atomic mass is 9.99. The molecule has 0 fully saturated rings. The van der Waals surface area contributed by atoms with Crippen molar-refractivity contribution >= 4 is 28.3 Å². The minimum absolute atomic E-state index is 0.227. The van der Waals surface area contributed by atoms with Gasteiger partial charge in [-0.1, -0.05) is 36.4 Å². The van der Waals surface area contributed by atoms with E-state index >= 15 is 0 Å². The molecule has 1 aliphatic heterocycles. The lowest BCUT2D eigenvalue weighted by Crippen LogP contribution is -2.30. The van der Waals surface area contributed by atoms with E-state index in [4.69, 9.17) is 0 Å². The van der Waals surface area contributed by atoms with Gasteiger partial charge in [0.15, 0.2) is 5.65 Å². The molecule has 2 aromatic heterocycles.